The van der Waals surface area contributed by atoms with Gasteiger partial charge in [-0.2, -0.15) is 0 Å². The number of anilines is 1. The molecule has 0 heterocycles. The second kappa shape index (κ2) is 18.5. The fraction of sp³-hybridized carbons (Fsp3) is 0.696. The van der Waals surface area contributed by atoms with Crippen molar-refractivity contribution in [1.82, 2.24) is 0 Å². The van der Waals surface area contributed by atoms with Crippen molar-refractivity contribution in [2.75, 3.05) is 11.9 Å². The van der Waals surface area contributed by atoms with Crippen LogP contribution >= 0.6 is 0 Å². The monoisotopic (exact) mass is 398 g/mol. The summed E-state index contributed by atoms with van der Waals surface area (Å²) in [6.07, 6.45) is 16.6. The van der Waals surface area contributed by atoms with Crippen molar-refractivity contribution in [3.8, 4) is 0 Å². The van der Waals surface area contributed by atoms with E-state index in [-0.39, 0.29) is 35.1 Å². The Labute approximate surface area is 194 Å². The SMILES string of the molecule is CCCCCCCCCCC(N)CCCCCNc1ccc(C(=O)[O-])cc1.[Na+]. The fourth-order valence-electron chi connectivity index (χ4n) is 3.35. The van der Waals surface area contributed by atoms with Crippen molar-refractivity contribution < 1.29 is 39.5 Å². The van der Waals surface area contributed by atoms with Gasteiger partial charge < -0.3 is 21.0 Å². The third-order valence-corrected chi connectivity index (χ3v) is 5.13. The normalized spacial score (nSPS) is 11.6. The molecule has 0 radical (unpaired) electrons. The molecule has 0 aliphatic carbocycles. The van der Waals surface area contributed by atoms with Crippen molar-refractivity contribution in [2.24, 2.45) is 5.73 Å². The molecule has 0 bridgehead atoms. The molecular formula is C23H39N2NaO2. The van der Waals surface area contributed by atoms with Gasteiger partial charge in [0.15, 0.2) is 0 Å². The van der Waals surface area contributed by atoms with Crippen LogP contribution in [0.25, 0.3) is 0 Å². The molecule has 154 valence electrons. The summed E-state index contributed by atoms with van der Waals surface area (Å²) in [5.74, 6) is -1.13. The van der Waals surface area contributed by atoms with Gasteiger partial charge in [-0.25, -0.2) is 0 Å². The average Bonchev–Trinajstić information content (AvgIpc) is 2.67. The second-order valence-corrected chi connectivity index (χ2v) is 7.66. The molecule has 1 aromatic rings. The molecule has 0 saturated carbocycles. The zero-order valence-corrected chi connectivity index (χ0v) is 20.2. The summed E-state index contributed by atoms with van der Waals surface area (Å²) in [5, 5.41) is 14.0. The number of rotatable bonds is 17. The van der Waals surface area contributed by atoms with E-state index in [9.17, 15) is 9.90 Å². The van der Waals surface area contributed by atoms with Gasteiger partial charge in [0, 0.05) is 18.3 Å². The first-order valence-electron chi connectivity index (χ1n) is 10.9. The molecule has 1 aromatic carbocycles. The van der Waals surface area contributed by atoms with Gasteiger partial charge in [-0.05, 0) is 37.0 Å². The number of benzene rings is 1. The van der Waals surface area contributed by atoms with Gasteiger partial charge in [-0.1, -0.05) is 83.3 Å². The van der Waals surface area contributed by atoms with Crippen LogP contribution in [0.1, 0.15) is 101 Å². The van der Waals surface area contributed by atoms with E-state index in [1.54, 1.807) is 24.3 Å². The van der Waals surface area contributed by atoms with Gasteiger partial charge in [0.25, 0.3) is 0 Å². The first kappa shape index (κ1) is 27.5. The van der Waals surface area contributed by atoms with Crippen molar-refractivity contribution in [1.29, 1.82) is 0 Å². The number of hydrogen-bond donors (Lipinski definition) is 2. The first-order chi connectivity index (χ1) is 13.1. The molecule has 4 nitrogen and oxygen atoms in total. The van der Waals surface area contributed by atoms with E-state index < -0.39 is 5.97 Å². The summed E-state index contributed by atoms with van der Waals surface area (Å²) in [7, 11) is 0. The molecule has 1 unspecified atom stereocenters. The van der Waals surface area contributed by atoms with Crippen LogP contribution in [0.2, 0.25) is 0 Å². The largest absolute Gasteiger partial charge is 1.00 e. The molecule has 0 aliphatic rings. The van der Waals surface area contributed by atoms with E-state index in [0.29, 0.717) is 6.04 Å². The van der Waals surface area contributed by atoms with Gasteiger partial charge in [0.05, 0.1) is 5.97 Å². The maximum Gasteiger partial charge on any atom is 1.00 e. The second-order valence-electron chi connectivity index (χ2n) is 7.66. The molecule has 0 aliphatic heterocycles. The fourth-order valence-corrected chi connectivity index (χ4v) is 3.35. The molecule has 28 heavy (non-hydrogen) atoms. The number of carbonyl (C=O) groups is 1. The Kier molecular flexibility index (Phi) is 18.1. The predicted octanol–water partition coefficient (Wildman–Crippen LogP) is 1.88. The van der Waals surface area contributed by atoms with Crippen molar-refractivity contribution >= 4 is 11.7 Å². The van der Waals surface area contributed by atoms with Crippen LogP contribution < -0.4 is 45.7 Å². The van der Waals surface area contributed by atoms with Gasteiger partial charge in [0.1, 0.15) is 0 Å². The number of unbranched alkanes of at least 4 members (excludes halogenated alkanes) is 9. The molecule has 3 N–H and O–H groups in total. The van der Waals surface area contributed by atoms with Gasteiger partial charge >= 0.3 is 29.6 Å². The minimum Gasteiger partial charge on any atom is -0.545 e. The number of hydrogen-bond acceptors (Lipinski definition) is 4. The Bertz CT molecular complexity index is 494. The average molecular weight is 399 g/mol. The quantitative estimate of drug-likeness (QED) is 0.310. The summed E-state index contributed by atoms with van der Waals surface area (Å²) >= 11 is 0. The molecule has 0 aromatic heterocycles. The van der Waals surface area contributed by atoms with Crippen LogP contribution in [0.5, 0.6) is 0 Å². The third-order valence-electron chi connectivity index (χ3n) is 5.13. The first-order valence-corrected chi connectivity index (χ1v) is 10.9. The van der Waals surface area contributed by atoms with Crippen LogP contribution in [0.4, 0.5) is 5.69 Å². The van der Waals surface area contributed by atoms with E-state index >= 15 is 0 Å². The Hall–Kier alpha value is -0.550. The molecule has 0 spiro atoms. The number of carbonyl (C=O) groups excluding carboxylic acids is 1. The Balaban J connectivity index is 0.00000729. The zero-order valence-electron chi connectivity index (χ0n) is 18.2. The maximum atomic E-state index is 10.7. The standard InChI is InChI=1S/C23H40N2O2.Na/c1-2-3-4-5-6-7-8-10-13-21(24)14-11-9-12-19-25-22-17-15-20(16-18-22)23(26)27;/h15-18,21,25H,2-14,19,24H2,1H3,(H,26,27);/q;+1/p-1. The molecule has 0 fully saturated rings. The predicted molar refractivity (Wildman–Crippen MR) is 113 cm³/mol. The summed E-state index contributed by atoms with van der Waals surface area (Å²) in [5.41, 5.74) is 7.39. The summed E-state index contributed by atoms with van der Waals surface area (Å²) in [4.78, 5) is 10.7. The number of aromatic carboxylic acids is 1. The number of nitrogens with one attached hydrogen (secondary N) is 1. The summed E-state index contributed by atoms with van der Waals surface area (Å²) in [6, 6.07) is 7.06. The molecule has 0 saturated heterocycles. The van der Waals surface area contributed by atoms with Crippen molar-refractivity contribution in [3.05, 3.63) is 29.8 Å². The summed E-state index contributed by atoms with van der Waals surface area (Å²) < 4.78 is 0. The molecular weight excluding hydrogens is 359 g/mol. The number of carboxylic acids is 1. The number of nitrogens with two attached hydrogens (primary N) is 1. The van der Waals surface area contributed by atoms with E-state index in [4.69, 9.17) is 5.73 Å². The zero-order chi connectivity index (χ0) is 19.7. The van der Waals surface area contributed by atoms with Crippen LogP contribution in [0.15, 0.2) is 24.3 Å². The van der Waals surface area contributed by atoms with Crippen molar-refractivity contribution in [2.45, 2.75) is 96.4 Å². The summed E-state index contributed by atoms with van der Waals surface area (Å²) in [6.45, 7) is 3.16. The van der Waals surface area contributed by atoms with Crippen LogP contribution in [-0.2, 0) is 0 Å². The van der Waals surface area contributed by atoms with Gasteiger partial charge in [-0.3, -0.25) is 0 Å². The minimum atomic E-state index is -1.13. The topological polar surface area (TPSA) is 78.2 Å². The van der Waals surface area contributed by atoms with Crippen LogP contribution in [-0.4, -0.2) is 18.6 Å². The van der Waals surface area contributed by atoms with E-state index in [0.717, 1.165) is 31.5 Å². The third kappa shape index (κ3) is 14.4. The maximum absolute atomic E-state index is 10.7. The van der Waals surface area contributed by atoms with Gasteiger partial charge in [0.2, 0.25) is 0 Å². The molecule has 1 rings (SSSR count). The van der Waals surface area contributed by atoms with E-state index in [1.165, 1.54) is 64.2 Å². The Morgan fingerprint density at radius 2 is 1.39 bits per heavy atom. The van der Waals surface area contributed by atoms with Crippen LogP contribution in [0, 0.1) is 0 Å². The minimum absolute atomic E-state index is 0. The molecule has 5 heteroatoms. The Morgan fingerprint density at radius 1 is 0.893 bits per heavy atom. The van der Waals surface area contributed by atoms with E-state index in [1.807, 2.05) is 0 Å². The molecule has 0 amide bonds. The number of carboxylic acid groups (broad SMARTS) is 1. The van der Waals surface area contributed by atoms with Crippen molar-refractivity contribution in [3.63, 3.8) is 0 Å². The van der Waals surface area contributed by atoms with Gasteiger partial charge in [-0.15, -0.1) is 0 Å². The van der Waals surface area contributed by atoms with Crippen LogP contribution in [0.3, 0.4) is 0 Å². The smallest absolute Gasteiger partial charge is 0.545 e. The molecule has 1 atom stereocenters. The van der Waals surface area contributed by atoms with E-state index in [2.05, 4.69) is 12.2 Å². The Morgan fingerprint density at radius 3 is 1.93 bits per heavy atom.